The number of rotatable bonds is 7. The van der Waals surface area contributed by atoms with Crippen LogP contribution in [0.4, 0.5) is 11.4 Å². The van der Waals surface area contributed by atoms with Crippen LogP contribution in [0.25, 0.3) is 16.6 Å². The SMILES string of the molecule is O=C(CC1CC1)c1ccc(-n2ncc3cc(NC(=O)c4ccc(N5CCC(O)CC5)cc4)ccc32)cc1. The van der Waals surface area contributed by atoms with Crippen molar-refractivity contribution >= 4 is 34.0 Å². The van der Waals surface area contributed by atoms with Crippen molar-refractivity contribution in [3.05, 3.63) is 84.1 Å². The van der Waals surface area contributed by atoms with Crippen LogP contribution in [0.5, 0.6) is 0 Å². The van der Waals surface area contributed by atoms with Gasteiger partial charge in [-0.2, -0.15) is 5.10 Å². The number of ketones is 1. The topological polar surface area (TPSA) is 87.5 Å². The van der Waals surface area contributed by atoms with E-state index < -0.39 is 0 Å². The van der Waals surface area contributed by atoms with Crippen LogP contribution in [0.2, 0.25) is 0 Å². The van der Waals surface area contributed by atoms with E-state index in [4.69, 9.17) is 0 Å². The van der Waals surface area contributed by atoms with Crippen molar-refractivity contribution in [3.63, 3.8) is 0 Å². The minimum Gasteiger partial charge on any atom is -0.393 e. The largest absolute Gasteiger partial charge is 0.393 e. The van der Waals surface area contributed by atoms with Gasteiger partial charge in [-0.05, 0) is 98.3 Å². The third-order valence-corrected chi connectivity index (χ3v) is 7.39. The van der Waals surface area contributed by atoms with E-state index in [1.54, 1.807) is 6.20 Å². The van der Waals surface area contributed by atoms with Gasteiger partial charge in [-0.25, -0.2) is 4.68 Å². The van der Waals surface area contributed by atoms with Gasteiger partial charge in [0.25, 0.3) is 5.91 Å². The molecule has 2 heterocycles. The molecule has 2 N–H and O–H groups in total. The minimum atomic E-state index is -0.210. The third kappa shape index (κ3) is 5.13. The van der Waals surface area contributed by atoms with Crippen molar-refractivity contribution in [1.82, 2.24) is 9.78 Å². The lowest BCUT2D eigenvalue weighted by Gasteiger charge is -2.31. The van der Waals surface area contributed by atoms with Crippen molar-refractivity contribution in [3.8, 4) is 5.69 Å². The average molecular weight is 495 g/mol. The maximum absolute atomic E-state index is 12.9. The molecular formula is C30H30N4O3. The summed E-state index contributed by atoms with van der Waals surface area (Å²) < 4.78 is 1.84. The van der Waals surface area contributed by atoms with Crippen LogP contribution in [-0.2, 0) is 0 Å². The first-order valence-electron chi connectivity index (χ1n) is 13.0. The Bertz CT molecular complexity index is 1430. The van der Waals surface area contributed by atoms with Gasteiger partial charge in [-0.15, -0.1) is 0 Å². The normalized spacial score (nSPS) is 16.2. The molecule has 7 nitrogen and oxygen atoms in total. The first kappa shape index (κ1) is 23.4. The molecule has 0 bridgehead atoms. The van der Waals surface area contributed by atoms with Gasteiger partial charge in [0, 0.05) is 47.4 Å². The molecule has 1 aliphatic carbocycles. The molecule has 1 saturated heterocycles. The lowest BCUT2D eigenvalue weighted by atomic mass is 10.1. The Hall–Kier alpha value is -3.97. The molecule has 0 atom stereocenters. The molecule has 2 fully saturated rings. The minimum absolute atomic E-state index is 0.168. The number of fused-ring (bicyclic) bond motifs is 1. The fraction of sp³-hybridized carbons (Fsp3) is 0.300. The van der Waals surface area contributed by atoms with Gasteiger partial charge in [0.05, 0.1) is 23.5 Å². The molecule has 37 heavy (non-hydrogen) atoms. The highest BCUT2D eigenvalue weighted by molar-refractivity contribution is 6.05. The second kappa shape index (κ2) is 9.82. The molecule has 4 aromatic rings. The molecule has 188 valence electrons. The lowest BCUT2D eigenvalue weighted by molar-refractivity contribution is 0.0974. The molecule has 0 radical (unpaired) electrons. The Morgan fingerprint density at radius 2 is 1.54 bits per heavy atom. The van der Waals surface area contributed by atoms with Gasteiger partial charge in [0.15, 0.2) is 5.78 Å². The number of amides is 1. The Balaban J connectivity index is 1.13. The summed E-state index contributed by atoms with van der Waals surface area (Å²) in [4.78, 5) is 27.5. The van der Waals surface area contributed by atoms with E-state index in [0.29, 0.717) is 23.6 Å². The maximum atomic E-state index is 12.9. The molecular weight excluding hydrogens is 464 g/mol. The number of aromatic nitrogens is 2. The monoisotopic (exact) mass is 494 g/mol. The smallest absolute Gasteiger partial charge is 0.255 e. The molecule has 1 saturated carbocycles. The number of aliphatic hydroxyl groups excluding tert-OH is 1. The Morgan fingerprint density at radius 1 is 0.865 bits per heavy atom. The maximum Gasteiger partial charge on any atom is 0.255 e. The zero-order valence-electron chi connectivity index (χ0n) is 20.6. The summed E-state index contributed by atoms with van der Waals surface area (Å²) in [6, 6.07) is 20.9. The summed E-state index contributed by atoms with van der Waals surface area (Å²) >= 11 is 0. The average Bonchev–Trinajstić information content (AvgIpc) is 3.64. The van der Waals surface area contributed by atoms with Crippen LogP contribution in [0, 0.1) is 5.92 Å². The second-order valence-corrected chi connectivity index (χ2v) is 10.2. The molecule has 2 aliphatic rings. The van der Waals surface area contributed by atoms with Crippen LogP contribution in [-0.4, -0.2) is 45.8 Å². The molecule has 1 aromatic heterocycles. The summed E-state index contributed by atoms with van der Waals surface area (Å²) in [5, 5.41) is 18.1. The number of hydrogen-bond acceptors (Lipinski definition) is 5. The van der Waals surface area contributed by atoms with Crippen molar-refractivity contribution < 1.29 is 14.7 Å². The number of anilines is 2. The summed E-state index contributed by atoms with van der Waals surface area (Å²) in [7, 11) is 0. The van der Waals surface area contributed by atoms with Gasteiger partial charge >= 0.3 is 0 Å². The molecule has 1 aliphatic heterocycles. The number of hydrogen-bond donors (Lipinski definition) is 2. The number of Topliss-reactive ketones (excluding diaryl/α,β-unsaturated/α-hetero) is 1. The summed E-state index contributed by atoms with van der Waals surface area (Å²) in [5.74, 6) is 0.617. The number of carbonyl (C=O) groups excluding carboxylic acids is 2. The number of carbonyl (C=O) groups is 2. The molecule has 7 heteroatoms. The van der Waals surface area contributed by atoms with Gasteiger partial charge in [0.1, 0.15) is 0 Å². The van der Waals surface area contributed by atoms with Crippen molar-refractivity contribution in [2.24, 2.45) is 5.92 Å². The van der Waals surface area contributed by atoms with E-state index in [2.05, 4.69) is 15.3 Å². The number of benzene rings is 3. The van der Waals surface area contributed by atoms with E-state index in [0.717, 1.165) is 53.8 Å². The van der Waals surface area contributed by atoms with E-state index >= 15 is 0 Å². The summed E-state index contributed by atoms with van der Waals surface area (Å²) in [6.45, 7) is 1.65. The summed E-state index contributed by atoms with van der Waals surface area (Å²) in [6.07, 6.45) is 6.09. The van der Waals surface area contributed by atoms with Crippen LogP contribution in [0.1, 0.15) is 52.8 Å². The molecule has 0 spiro atoms. The van der Waals surface area contributed by atoms with Crippen molar-refractivity contribution in [2.45, 2.75) is 38.2 Å². The quantitative estimate of drug-likeness (QED) is 0.344. The van der Waals surface area contributed by atoms with E-state index in [1.165, 1.54) is 12.8 Å². The van der Waals surface area contributed by atoms with Gasteiger partial charge in [0.2, 0.25) is 0 Å². The molecule has 1 amide bonds. The number of nitrogens with zero attached hydrogens (tertiary/aromatic N) is 3. The van der Waals surface area contributed by atoms with Crippen molar-refractivity contribution in [2.75, 3.05) is 23.3 Å². The van der Waals surface area contributed by atoms with Crippen molar-refractivity contribution in [1.29, 1.82) is 0 Å². The lowest BCUT2D eigenvalue weighted by Crippen LogP contribution is -2.35. The van der Waals surface area contributed by atoms with E-state index in [-0.39, 0.29) is 17.8 Å². The van der Waals surface area contributed by atoms with Crippen LogP contribution in [0.15, 0.2) is 72.9 Å². The van der Waals surface area contributed by atoms with E-state index in [9.17, 15) is 14.7 Å². The zero-order chi connectivity index (χ0) is 25.4. The summed E-state index contributed by atoms with van der Waals surface area (Å²) in [5.41, 5.74) is 4.92. The highest BCUT2D eigenvalue weighted by Crippen LogP contribution is 2.33. The molecule has 6 rings (SSSR count). The first-order valence-corrected chi connectivity index (χ1v) is 13.0. The van der Waals surface area contributed by atoms with Crippen LogP contribution >= 0.6 is 0 Å². The van der Waals surface area contributed by atoms with Gasteiger partial charge in [-0.3, -0.25) is 9.59 Å². The predicted octanol–water partition coefficient (Wildman–Crippen LogP) is 5.22. The number of nitrogens with one attached hydrogen (secondary N) is 1. The second-order valence-electron chi connectivity index (χ2n) is 10.2. The number of piperidine rings is 1. The zero-order valence-corrected chi connectivity index (χ0v) is 20.6. The molecule has 3 aromatic carbocycles. The Labute approximate surface area is 215 Å². The number of aliphatic hydroxyl groups is 1. The fourth-order valence-electron chi connectivity index (χ4n) is 4.96. The fourth-order valence-corrected chi connectivity index (χ4v) is 4.96. The highest BCUT2D eigenvalue weighted by atomic mass is 16.3. The Morgan fingerprint density at radius 3 is 2.24 bits per heavy atom. The van der Waals surface area contributed by atoms with Crippen LogP contribution < -0.4 is 10.2 Å². The van der Waals surface area contributed by atoms with Gasteiger partial charge in [-0.1, -0.05) is 0 Å². The third-order valence-electron chi connectivity index (χ3n) is 7.39. The standard InChI is InChI=1S/C30H30N4O3/c35-27-13-15-33(16-14-27)25-8-5-22(6-9-25)30(37)32-24-7-12-28-23(18-24)19-31-34(28)26-10-3-21(4-11-26)29(36)17-20-1-2-20/h3-12,18-20,27,35H,1-2,13-17H2,(H,32,37). The van der Waals surface area contributed by atoms with Gasteiger partial charge < -0.3 is 15.3 Å². The first-order chi connectivity index (χ1) is 18.0. The Kier molecular flexibility index (Phi) is 6.22. The predicted molar refractivity (Wildman–Crippen MR) is 145 cm³/mol. The van der Waals surface area contributed by atoms with E-state index in [1.807, 2.05) is 71.4 Å². The van der Waals surface area contributed by atoms with Crippen LogP contribution in [0.3, 0.4) is 0 Å². The highest BCUT2D eigenvalue weighted by Gasteiger charge is 2.25. The molecule has 0 unspecified atom stereocenters.